The molecule has 3 nitrogen and oxygen atoms in total. The molecule has 1 rings (SSSR count). The van der Waals surface area contributed by atoms with Crippen LogP contribution >= 0.6 is 11.6 Å². The number of carbonyl (C=O) groups excluding carboxylic acids is 1. The van der Waals surface area contributed by atoms with E-state index in [1.165, 1.54) is 0 Å². The van der Waals surface area contributed by atoms with Gasteiger partial charge in [0.1, 0.15) is 6.04 Å². The third-order valence-corrected chi connectivity index (χ3v) is 2.38. The molecule has 4 heteroatoms. The monoisotopic (exact) mass is 222 g/mol. The number of benzene rings is 1. The average Bonchev–Trinajstić information content (AvgIpc) is 2.21. The van der Waals surface area contributed by atoms with Crippen molar-refractivity contribution in [1.82, 2.24) is 5.32 Å². The largest absolute Gasteiger partial charge is 0.337 e. The number of rotatable bonds is 2. The second-order valence-electron chi connectivity index (χ2n) is 3.29. The lowest BCUT2D eigenvalue weighted by Gasteiger charge is -2.07. The van der Waals surface area contributed by atoms with Crippen molar-refractivity contribution in [2.24, 2.45) is 0 Å². The SMILES string of the molecule is Cc1ccc(C(=O)NC(C)C#N)cc1Cl. The van der Waals surface area contributed by atoms with E-state index in [-0.39, 0.29) is 5.91 Å². The van der Waals surface area contributed by atoms with Gasteiger partial charge in [-0.25, -0.2) is 0 Å². The molecule has 0 bridgehead atoms. The zero-order valence-corrected chi connectivity index (χ0v) is 9.30. The molecule has 0 radical (unpaired) electrons. The topological polar surface area (TPSA) is 52.9 Å². The molecule has 1 aromatic carbocycles. The molecule has 0 fully saturated rings. The molecule has 78 valence electrons. The van der Waals surface area contributed by atoms with Crippen LogP contribution in [0.15, 0.2) is 18.2 Å². The number of halogens is 1. The highest BCUT2D eigenvalue weighted by molar-refractivity contribution is 6.31. The van der Waals surface area contributed by atoms with Crippen molar-refractivity contribution < 1.29 is 4.79 Å². The molecule has 0 aliphatic rings. The molecule has 1 atom stereocenters. The predicted molar refractivity (Wildman–Crippen MR) is 58.7 cm³/mol. The highest BCUT2D eigenvalue weighted by Crippen LogP contribution is 2.16. The van der Waals surface area contributed by atoms with Gasteiger partial charge in [0.05, 0.1) is 6.07 Å². The van der Waals surface area contributed by atoms with Crippen LogP contribution < -0.4 is 5.32 Å². The molecule has 15 heavy (non-hydrogen) atoms. The quantitative estimate of drug-likeness (QED) is 0.835. The Morgan fingerprint density at radius 2 is 2.27 bits per heavy atom. The van der Waals surface area contributed by atoms with Gasteiger partial charge >= 0.3 is 0 Å². The molecule has 0 aliphatic carbocycles. The van der Waals surface area contributed by atoms with Gasteiger partial charge in [0.15, 0.2) is 0 Å². The van der Waals surface area contributed by atoms with Crippen LogP contribution in [0.25, 0.3) is 0 Å². The Morgan fingerprint density at radius 1 is 1.60 bits per heavy atom. The number of nitriles is 1. The third kappa shape index (κ3) is 2.97. The molecule has 1 unspecified atom stereocenters. The lowest BCUT2D eigenvalue weighted by Crippen LogP contribution is -2.31. The molecule has 0 saturated carbocycles. The molecule has 0 aromatic heterocycles. The maximum atomic E-state index is 11.6. The molecule has 1 aromatic rings. The van der Waals surface area contributed by atoms with E-state index in [4.69, 9.17) is 16.9 Å². The van der Waals surface area contributed by atoms with Gasteiger partial charge in [-0.15, -0.1) is 0 Å². The van der Waals surface area contributed by atoms with Crippen molar-refractivity contribution in [2.75, 3.05) is 0 Å². The summed E-state index contributed by atoms with van der Waals surface area (Å²) in [4.78, 5) is 11.6. The molecule has 0 spiro atoms. The van der Waals surface area contributed by atoms with Crippen LogP contribution in [0.2, 0.25) is 5.02 Å². The van der Waals surface area contributed by atoms with E-state index >= 15 is 0 Å². The minimum absolute atomic E-state index is 0.286. The fourth-order valence-corrected chi connectivity index (χ4v) is 1.23. The van der Waals surface area contributed by atoms with Crippen molar-refractivity contribution in [2.45, 2.75) is 19.9 Å². The summed E-state index contributed by atoms with van der Waals surface area (Å²) < 4.78 is 0. The molecular weight excluding hydrogens is 212 g/mol. The minimum atomic E-state index is -0.502. The summed E-state index contributed by atoms with van der Waals surface area (Å²) in [6.45, 7) is 3.48. The van der Waals surface area contributed by atoms with Crippen molar-refractivity contribution in [3.8, 4) is 6.07 Å². The summed E-state index contributed by atoms with van der Waals surface area (Å²) in [5.74, 6) is -0.286. The zero-order chi connectivity index (χ0) is 11.4. The van der Waals surface area contributed by atoms with Gasteiger partial charge in [-0.1, -0.05) is 17.7 Å². The summed E-state index contributed by atoms with van der Waals surface area (Å²) >= 11 is 5.88. The number of aryl methyl sites for hydroxylation is 1. The number of hydrogen-bond donors (Lipinski definition) is 1. The maximum absolute atomic E-state index is 11.6. The van der Waals surface area contributed by atoms with Crippen molar-refractivity contribution in [1.29, 1.82) is 5.26 Å². The molecule has 0 aliphatic heterocycles. The van der Waals surface area contributed by atoms with Crippen LogP contribution in [0.3, 0.4) is 0 Å². The lowest BCUT2D eigenvalue weighted by molar-refractivity contribution is 0.0948. The van der Waals surface area contributed by atoms with E-state index in [0.717, 1.165) is 5.56 Å². The lowest BCUT2D eigenvalue weighted by atomic mass is 10.1. The van der Waals surface area contributed by atoms with Crippen molar-refractivity contribution >= 4 is 17.5 Å². The van der Waals surface area contributed by atoms with Gasteiger partial charge in [0.2, 0.25) is 0 Å². The Hall–Kier alpha value is -1.53. The summed E-state index contributed by atoms with van der Waals surface area (Å²) in [7, 11) is 0. The molecule has 0 saturated heterocycles. The Balaban J connectivity index is 2.84. The van der Waals surface area contributed by atoms with Crippen LogP contribution in [0.1, 0.15) is 22.8 Å². The van der Waals surface area contributed by atoms with Crippen LogP contribution in [0.4, 0.5) is 0 Å². The Kier molecular flexibility index (Phi) is 3.70. The summed E-state index contributed by atoms with van der Waals surface area (Å²) in [5.41, 5.74) is 1.38. The van der Waals surface area contributed by atoms with Gasteiger partial charge in [-0.2, -0.15) is 5.26 Å². The number of nitrogens with zero attached hydrogens (tertiary/aromatic N) is 1. The normalized spacial score (nSPS) is 11.6. The summed E-state index contributed by atoms with van der Waals surface area (Å²) in [6, 6.07) is 6.47. The average molecular weight is 223 g/mol. The predicted octanol–water partition coefficient (Wildman–Crippen LogP) is 2.29. The van der Waals surface area contributed by atoms with E-state index in [0.29, 0.717) is 10.6 Å². The van der Waals surface area contributed by atoms with Crippen LogP contribution in [-0.2, 0) is 0 Å². The second kappa shape index (κ2) is 4.81. The van der Waals surface area contributed by atoms with Gasteiger partial charge in [-0.3, -0.25) is 4.79 Å². The fourth-order valence-electron chi connectivity index (χ4n) is 1.05. The van der Waals surface area contributed by atoms with Gasteiger partial charge < -0.3 is 5.32 Å². The van der Waals surface area contributed by atoms with Crippen LogP contribution in [0, 0.1) is 18.3 Å². The number of carbonyl (C=O) groups is 1. The second-order valence-corrected chi connectivity index (χ2v) is 3.70. The molecule has 0 heterocycles. The van der Waals surface area contributed by atoms with Crippen molar-refractivity contribution in [3.05, 3.63) is 34.3 Å². The first-order valence-electron chi connectivity index (χ1n) is 4.51. The van der Waals surface area contributed by atoms with E-state index in [1.54, 1.807) is 25.1 Å². The Bertz CT molecular complexity index is 423. The van der Waals surface area contributed by atoms with Gasteiger partial charge in [0.25, 0.3) is 5.91 Å². The minimum Gasteiger partial charge on any atom is -0.337 e. The number of nitrogens with one attached hydrogen (secondary N) is 1. The number of amides is 1. The Labute approximate surface area is 93.7 Å². The Morgan fingerprint density at radius 3 is 2.80 bits per heavy atom. The highest BCUT2D eigenvalue weighted by Gasteiger charge is 2.09. The molecule has 1 amide bonds. The van der Waals surface area contributed by atoms with E-state index < -0.39 is 6.04 Å². The van der Waals surface area contributed by atoms with Crippen molar-refractivity contribution in [3.63, 3.8) is 0 Å². The third-order valence-electron chi connectivity index (χ3n) is 1.98. The summed E-state index contributed by atoms with van der Waals surface area (Å²) in [6.07, 6.45) is 0. The molecular formula is C11H11ClN2O. The zero-order valence-electron chi connectivity index (χ0n) is 8.54. The van der Waals surface area contributed by atoms with E-state index in [1.807, 2.05) is 13.0 Å². The first kappa shape index (κ1) is 11.5. The van der Waals surface area contributed by atoms with Gasteiger partial charge in [0, 0.05) is 10.6 Å². The highest BCUT2D eigenvalue weighted by atomic mass is 35.5. The van der Waals surface area contributed by atoms with Crippen LogP contribution in [0.5, 0.6) is 0 Å². The molecule has 1 N–H and O–H groups in total. The smallest absolute Gasteiger partial charge is 0.252 e. The van der Waals surface area contributed by atoms with E-state index in [9.17, 15) is 4.79 Å². The van der Waals surface area contributed by atoms with Crippen LogP contribution in [-0.4, -0.2) is 11.9 Å². The maximum Gasteiger partial charge on any atom is 0.252 e. The van der Waals surface area contributed by atoms with E-state index in [2.05, 4.69) is 5.32 Å². The first-order valence-corrected chi connectivity index (χ1v) is 4.89. The fraction of sp³-hybridized carbons (Fsp3) is 0.273. The van der Waals surface area contributed by atoms with Gasteiger partial charge in [-0.05, 0) is 31.5 Å². The number of hydrogen-bond acceptors (Lipinski definition) is 2. The first-order chi connectivity index (χ1) is 7.04. The standard InChI is InChI=1S/C11H11ClN2O/c1-7-3-4-9(5-10(7)12)11(15)14-8(2)6-13/h3-5,8H,1-2H3,(H,14,15). The summed E-state index contributed by atoms with van der Waals surface area (Å²) in [5, 5.41) is 11.6.